The third-order valence-corrected chi connectivity index (χ3v) is 5.05. The molecular formula is C22H32N4O9. The molecule has 4 unspecified atom stereocenters. The summed E-state index contributed by atoms with van der Waals surface area (Å²) in [6.45, 7) is 2.27. The van der Waals surface area contributed by atoms with Gasteiger partial charge in [0.15, 0.2) is 0 Å². The minimum atomic E-state index is -1.51. The SMILES string of the molecule is CC(C)C(NC(=O)C(CCC(=O)O)NC(=O)C(CO)NC(=O)C(N)Cc1ccc(O)cc1)C(=O)O. The highest BCUT2D eigenvalue weighted by Crippen LogP contribution is 2.11. The third-order valence-electron chi connectivity index (χ3n) is 5.05. The van der Waals surface area contributed by atoms with Crippen LogP contribution in [0.3, 0.4) is 0 Å². The molecule has 194 valence electrons. The van der Waals surface area contributed by atoms with Crippen molar-refractivity contribution in [1.82, 2.24) is 16.0 Å². The topological polar surface area (TPSA) is 228 Å². The van der Waals surface area contributed by atoms with Gasteiger partial charge in [-0.25, -0.2) is 4.79 Å². The molecule has 0 heterocycles. The number of hydrogen-bond donors (Lipinski definition) is 8. The predicted octanol–water partition coefficient (Wildman–Crippen LogP) is -1.69. The van der Waals surface area contributed by atoms with Crippen LogP contribution in [-0.4, -0.2) is 80.9 Å². The number of nitrogens with two attached hydrogens (primary N) is 1. The molecule has 9 N–H and O–H groups in total. The first-order valence-electron chi connectivity index (χ1n) is 10.9. The van der Waals surface area contributed by atoms with Gasteiger partial charge in [0.2, 0.25) is 17.7 Å². The van der Waals surface area contributed by atoms with Gasteiger partial charge >= 0.3 is 11.9 Å². The highest BCUT2D eigenvalue weighted by Gasteiger charge is 2.31. The molecule has 0 aliphatic rings. The smallest absolute Gasteiger partial charge is 0.326 e. The van der Waals surface area contributed by atoms with E-state index < -0.39 is 72.8 Å². The summed E-state index contributed by atoms with van der Waals surface area (Å²) in [7, 11) is 0. The van der Waals surface area contributed by atoms with Crippen molar-refractivity contribution in [3.63, 3.8) is 0 Å². The van der Waals surface area contributed by atoms with E-state index in [1.54, 1.807) is 26.0 Å². The maximum absolute atomic E-state index is 12.6. The molecule has 1 aromatic rings. The van der Waals surface area contributed by atoms with E-state index in [1.807, 2.05) is 0 Å². The van der Waals surface area contributed by atoms with Crippen LogP contribution in [0.2, 0.25) is 0 Å². The van der Waals surface area contributed by atoms with Gasteiger partial charge in [-0.2, -0.15) is 0 Å². The molecule has 3 amide bonds. The Hall–Kier alpha value is -3.71. The Morgan fingerprint density at radius 2 is 1.43 bits per heavy atom. The van der Waals surface area contributed by atoms with E-state index in [4.69, 9.17) is 10.8 Å². The van der Waals surface area contributed by atoms with Crippen molar-refractivity contribution in [1.29, 1.82) is 0 Å². The molecular weight excluding hydrogens is 464 g/mol. The van der Waals surface area contributed by atoms with Crippen LogP contribution >= 0.6 is 0 Å². The molecule has 1 aromatic carbocycles. The van der Waals surface area contributed by atoms with Crippen LogP contribution in [0, 0.1) is 5.92 Å². The van der Waals surface area contributed by atoms with Crippen LogP contribution < -0.4 is 21.7 Å². The Balaban J connectivity index is 2.86. The molecule has 35 heavy (non-hydrogen) atoms. The molecule has 0 aliphatic carbocycles. The monoisotopic (exact) mass is 496 g/mol. The molecule has 0 aromatic heterocycles. The fourth-order valence-electron chi connectivity index (χ4n) is 3.03. The summed E-state index contributed by atoms with van der Waals surface area (Å²) < 4.78 is 0. The van der Waals surface area contributed by atoms with Crippen molar-refractivity contribution in [2.75, 3.05) is 6.61 Å². The zero-order valence-electron chi connectivity index (χ0n) is 19.4. The summed E-state index contributed by atoms with van der Waals surface area (Å²) in [6, 6.07) is 0.635. The van der Waals surface area contributed by atoms with Crippen LogP contribution in [0.15, 0.2) is 24.3 Å². The number of aliphatic hydroxyl groups is 1. The van der Waals surface area contributed by atoms with Crippen LogP contribution in [0.1, 0.15) is 32.3 Å². The van der Waals surface area contributed by atoms with Crippen molar-refractivity contribution in [2.45, 2.75) is 57.3 Å². The molecule has 0 fully saturated rings. The molecule has 13 heteroatoms. The lowest BCUT2D eigenvalue weighted by atomic mass is 10.0. The van der Waals surface area contributed by atoms with E-state index in [1.165, 1.54) is 12.1 Å². The van der Waals surface area contributed by atoms with Gasteiger partial charge in [-0.1, -0.05) is 26.0 Å². The van der Waals surface area contributed by atoms with Crippen LogP contribution in [0.5, 0.6) is 5.75 Å². The first-order chi connectivity index (χ1) is 16.3. The molecule has 0 saturated carbocycles. The summed E-state index contributed by atoms with van der Waals surface area (Å²) in [5.74, 6) is -5.69. The zero-order chi connectivity index (χ0) is 26.7. The number of aliphatic hydroxyl groups excluding tert-OH is 1. The fraction of sp³-hybridized carbons (Fsp3) is 0.500. The van der Waals surface area contributed by atoms with E-state index in [2.05, 4.69) is 16.0 Å². The Kier molecular flexibility index (Phi) is 11.6. The first-order valence-corrected chi connectivity index (χ1v) is 10.9. The van der Waals surface area contributed by atoms with Gasteiger partial charge < -0.3 is 42.1 Å². The summed E-state index contributed by atoms with van der Waals surface area (Å²) in [5, 5.41) is 43.9. The largest absolute Gasteiger partial charge is 0.508 e. The number of phenols is 1. The number of carboxylic acids is 2. The molecule has 4 atom stereocenters. The number of nitrogens with one attached hydrogen (secondary N) is 3. The summed E-state index contributed by atoms with van der Waals surface area (Å²) in [5.41, 5.74) is 6.50. The number of hydrogen-bond acceptors (Lipinski definition) is 8. The van der Waals surface area contributed by atoms with Crippen molar-refractivity contribution in [3.8, 4) is 5.75 Å². The van der Waals surface area contributed by atoms with Gasteiger partial charge in [-0.3, -0.25) is 19.2 Å². The maximum atomic E-state index is 12.6. The first kappa shape index (κ1) is 29.3. The summed E-state index contributed by atoms with van der Waals surface area (Å²) in [4.78, 5) is 60.0. The van der Waals surface area contributed by atoms with E-state index >= 15 is 0 Å². The standard InChI is InChI=1S/C22H32N4O9/c1-11(2)18(22(34)35)26-20(32)15(7-8-17(29)30)24-21(33)16(10-27)25-19(31)14(23)9-12-3-5-13(28)6-4-12/h3-6,11,14-16,18,27-28H,7-10,23H2,1-2H3,(H,24,33)(H,25,31)(H,26,32)(H,29,30)(H,34,35). The second kappa shape index (κ2) is 13.9. The van der Waals surface area contributed by atoms with Gasteiger partial charge in [-0.05, 0) is 36.5 Å². The number of aromatic hydroxyl groups is 1. The molecule has 0 saturated heterocycles. The van der Waals surface area contributed by atoms with Crippen molar-refractivity contribution >= 4 is 29.7 Å². The number of carbonyl (C=O) groups is 5. The molecule has 1 rings (SSSR count). The minimum Gasteiger partial charge on any atom is -0.508 e. The van der Waals surface area contributed by atoms with Gasteiger partial charge in [0.25, 0.3) is 0 Å². The second-order valence-electron chi connectivity index (χ2n) is 8.28. The Labute approximate surface area is 201 Å². The van der Waals surface area contributed by atoms with E-state index in [0.717, 1.165) is 0 Å². The maximum Gasteiger partial charge on any atom is 0.326 e. The number of amides is 3. The third kappa shape index (κ3) is 9.98. The lowest BCUT2D eigenvalue weighted by molar-refractivity contribution is -0.144. The highest BCUT2D eigenvalue weighted by molar-refractivity contribution is 5.94. The Morgan fingerprint density at radius 1 is 0.886 bits per heavy atom. The second-order valence-corrected chi connectivity index (χ2v) is 8.28. The normalized spacial score (nSPS) is 14.3. The predicted molar refractivity (Wildman–Crippen MR) is 122 cm³/mol. The van der Waals surface area contributed by atoms with Gasteiger partial charge in [-0.15, -0.1) is 0 Å². The Bertz CT molecular complexity index is 905. The number of benzene rings is 1. The number of aliphatic carboxylic acids is 2. The summed E-state index contributed by atoms with van der Waals surface area (Å²) in [6.07, 6.45) is -0.795. The molecule has 0 radical (unpaired) electrons. The number of carbonyl (C=O) groups excluding carboxylic acids is 3. The number of rotatable bonds is 14. The molecule has 13 nitrogen and oxygen atoms in total. The van der Waals surface area contributed by atoms with Gasteiger partial charge in [0.05, 0.1) is 12.6 Å². The highest BCUT2D eigenvalue weighted by atomic mass is 16.4. The minimum absolute atomic E-state index is 0.0355. The van der Waals surface area contributed by atoms with Crippen LogP contribution in [0.25, 0.3) is 0 Å². The molecule has 0 aliphatic heterocycles. The number of phenolic OH excluding ortho intramolecular Hbond substituents is 1. The quantitative estimate of drug-likeness (QED) is 0.146. The average Bonchev–Trinajstić information content (AvgIpc) is 2.78. The van der Waals surface area contributed by atoms with Crippen molar-refractivity contribution in [3.05, 3.63) is 29.8 Å². The average molecular weight is 497 g/mol. The fourth-order valence-corrected chi connectivity index (χ4v) is 3.03. The number of carboxylic acid groups (broad SMARTS) is 2. The lowest BCUT2D eigenvalue weighted by Crippen LogP contribution is -2.58. The van der Waals surface area contributed by atoms with Gasteiger partial charge in [0.1, 0.15) is 23.9 Å². The van der Waals surface area contributed by atoms with E-state index in [9.17, 15) is 39.3 Å². The molecule has 0 spiro atoms. The van der Waals surface area contributed by atoms with E-state index in [-0.39, 0.29) is 18.6 Å². The summed E-state index contributed by atoms with van der Waals surface area (Å²) >= 11 is 0. The van der Waals surface area contributed by atoms with Crippen molar-refractivity contribution in [2.24, 2.45) is 11.7 Å². The lowest BCUT2D eigenvalue weighted by Gasteiger charge is -2.25. The Morgan fingerprint density at radius 3 is 1.91 bits per heavy atom. The van der Waals surface area contributed by atoms with Crippen molar-refractivity contribution < 1.29 is 44.4 Å². The zero-order valence-corrected chi connectivity index (χ0v) is 19.4. The van der Waals surface area contributed by atoms with Gasteiger partial charge in [0, 0.05) is 6.42 Å². The van der Waals surface area contributed by atoms with E-state index in [0.29, 0.717) is 5.56 Å². The van der Waals surface area contributed by atoms with Crippen LogP contribution in [-0.2, 0) is 30.4 Å². The molecule has 0 bridgehead atoms. The van der Waals surface area contributed by atoms with Crippen LogP contribution in [0.4, 0.5) is 0 Å².